The largest absolute Gasteiger partial charge is 0.405 e. The molecule has 1 amide bonds. The number of alkyl halides is 3. The molecule has 0 spiro atoms. The molecule has 130 valence electrons. The van der Waals surface area contributed by atoms with Crippen molar-refractivity contribution in [3.8, 4) is 6.07 Å². The van der Waals surface area contributed by atoms with Crippen molar-refractivity contribution in [3.63, 3.8) is 0 Å². The first-order valence-corrected chi connectivity index (χ1v) is 7.77. The Hall–Kier alpha value is -2.07. The Morgan fingerprint density at radius 2 is 2.04 bits per heavy atom. The highest BCUT2D eigenvalue weighted by Crippen LogP contribution is 2.33. The molecular weight excluding hydrogens is 319 g/mol. The van der Waals surface area contributed by atoms with E-state index in [0.29, 0.717) is 12.0 Å². The molecule has 0 bridgehead atoms. The molecule has 1 aliphatic heterocycles. The van der Waals surface area contributed by atoms with E-state index >= 15 is 0 Å². The summed E-state index contributed by atoms with van der Waals surface area (Å²) in [5.41, 5.74) is 2.73. The zero-order chi connectivity index (χ0) is 18.0. The fraction of sp³-hybridized carbons (Fsp3) is 0.529. The van der Waals surface area contributed by atoms with Gasteiger partial charge in [-0.2, -0.15) is 18.4 Å². The topological polar surface area (TPSA) is 56.1 Å². The third-order valence-corrected chi connectivity index (χ3v) is 4.24. The molecule has 1 N–H and O–H groups in total. The van der Waals surface area contributed by atoms with Crippen LogP contribution in [0.2, 0.25) is 0 Å². The minimum Gasteiger partial charge on any atom is -0.288 e. The lowest BCUT2D eigenvalue weighted by Crippen LogP contribution is -2.50. The zero-order valence-corrected chi connectivity index (χ0v) is 13.7. The molecule has 1 fully saturated rings. The van der Waals surface area contributed by atoms with Crippen LogP contribution in [0.15, 0.2) is 24.3 Å². The Balaban J connectivity index is 2.03. The van der Waals surface area contributed by atoms with Crippen molar-refractivity contribution in [2.45, 2.75) is 45.3 Å². The summed E-state index contributed by atoms with van der Waals surface area (Å²) in [6.45, 7) is 3.27. The molecule has 0 saturated carbocycles. The van der Waals surface area contributed by atoms with E-state index in [1.54, 1.807) is 38.1 Å². The van der Waals surface area contributed by atoms with Gasteiger partial charge in [-0.15, -0.1) is 0 Å². The van der Waals surface area contributed by atoms with E-state index in [0.717, 1.165) is 10.6 Å². The molecule has 24 heavy (non-hydrogen) atoms. The number of rotatable bonds is 5. The van der Waals surface area contributed by atoms with E-state index in [1.165, 1.54) is 0 Å². The smallest absolute Gasteiger partial charge is 0.288 e. The SMILES string of the molecule is CC1(C)CN([C@@H](CCCc2ccccc2C#N)C(F)(F)F)NC1=O. The number of hydrogen-bond acceptors (Lipinski definition) is 3. The second-order valence-electron chi connectivity index (χ2n) is 6.67. The maximum atomic E-state index is 13.4. The van der Waals surface area contributed by atoms with Gasteiger partial charge in [-0.25, -0.2) is 5.01 Å². The summed E-state index contributed by atoms with van der Waals surface area (Å²) >= 11 is 0. The van der Waals surface area contributed by atoms with Crippen LogP contribution in [0.25, 0.3) is 0 Å². The Morgan fingerprint density at radius 1 is 1.38 bits per heavy atom. The number of benzene rings is 1. The van der Waals surface area contributed by atoms with Crippen molar-refractivity contribution in [1.82, 2.24) is 10.4 Å². The lowest BCUT2D eigenvalue weighted by Gasteiger charge is -2.29. The summed E-state index contributed by atoms with van der Waals surface area (Å²) in [6.07, 6.45) is -3.90. The van der Waals surface area contributed by atoms with Crippen LogP contribution in [-0.2, 0) is 11.2 Å². The highest BCUT2D eigenvalue weighted by Gasteiger charge is 2.49. The van der Waals surface area contributed by atoms with Gasteiger partial charge in [0, 0.05) is 6.54 Å². The molecule has 7 heteroatoms. The Bertz CT molecular complexity index is 649. The van der Waals surface area contributed by atoms with E-state index in [-0.39, 0.29) is 19.4 Å². The molecule has 1 atom stereocenters. The first kappa shape index (κ1) is 18.3. The van der Waals surface area contributed by atoms with Crippen LogP contribution in [-0.4, -0.2) is 29.7 Å². The van der Waals surface area contributed by atoms with Crippen LogP contribution in [0.1, 0.15) is 37.8 Å². The number of nitrogens with one attached hydrogen (secondary N) is 1. The van der Waals surface area contributed by atoms with Crippen LogP contribution < -0.4 is 5.43 Å². The van der Waals surface area contributed by atoms with E-state index in [2.05, 4.69) is 5.43 Å². The molecule has 2 rings (SSSR count). The van der Waals surface area contributed by atoms with Gasteiger partial charge in [-0.1, -0.05) is 18.2 Å². The summed E-state index contributed by atoms with van der Waals surface area (Å²) in [4.78, 5) is 11.8. The Morgan fingerprint density at radius 3 is 2.58 bits per heavy atom. The molecule has 4 nitrogen and oxygen atoms in total. The van der Waals surface area contributed by atoms with Gasteiger partial charge in [0.05, 0.1) is 17.0 Å². The van der Waals surface area contributed by atoms with Gasteiger partial charge < -0.3 is 0 Å². The van der Waals surface area contributed by atoms with Gasteiger partial charge in [0.25, 0.3) is 0 Å². The summed E-state index contributed by atoms with van der Waals surface area (Å²) in [5, 5.41) is 10.0. The quantitative estimate of drug-likeness (QED) is 0.896. The normalized spacial score (nSPS) is 18.9. The summed E-state index contributed by atoms with van der Waals surface area (Å²) in [7, 11) is 0. The third-order valence-electron chi connectivity index (χ3n) is 4.24. The van der Waals surface area contributed by atoms with Crippen molar-refractivity contribution >= 4 is 5.91 Å². The lowest BCUT2D eigenvalue weighted by atomic mass is 9.94. The maximum Gasteiger partial charge on any atom is 0.405 e. The van der Waals surface area contributed by atoms with Crippen LogP contribution >= 0.6 is 0 Å². The molecule has 0 radical (unpaired) electrons. The Kier molecular flexibility index (Phi) is 5.19. The lowest BCUT2D eigenvalue weighted by molar-refractivity contribution is -0.190. The van der Waals surface area contributed by atoms with Gasteiger partial charge in [0.15, 0.2) is 0 Å². The molecule has 0 unspecified atom stereocenters. The van der Waals surface area contributed by atoms with Crippen molar-refractivity contribution < 1.29 is 18.0 Å². The highest BCUT2D eigenvalue weighted by atomic mass is 19.4. The number of hydrazine groups is 1. The Labute approximate surface area is 139 Å². The van der Waals surface area contributed by atoms with Gasteiger partial charge in [-0.3, -0.25) is 10.2 Å². The standard InChI is InChI=1S/C17H20F3N3O/c1-16(2)11-23(22-15(16)24)14(17(18,19)20)9-5-8-12-6-3-4-7-13(12)10-21/h3-4,6-7,14H,5,8-9,11H2,1-2H3,(H,22,24)/t14-/m0/s1. The number of aryl methyl sites for hydroxylation is 1. The average molecular weight is 339 g/mol. The molecule has 0 aromatic heterocycles. The van der Waals surface area contributed by atoms with Crippen molar-refractivity contribution in [3.05, 3.63) is 35.4 Å². The van der Waals surface area contributed by atoms with Gasteiger partial charge >= 0.3 is 6.18 Å². The number of hydrogen-bond donors (Lipinski definition) is 1. The van der Waals surface area contributed by atoms with Crippen molar-refractivity contribution in [1.29, 1.82) is 5.26 Å². The number of nitrogens with zero attached hydrogens (tertiary/aromatic N) is 2. The minimum absolute atomic E-state index is 0.0186. The van der Waals surface area contributed by atoms with E-state index in [4.69, 9.17) is 5.26 Å². The number of carbonyl (C=O) groups excluding carboxylic acids is 1. The summed E-state index contributed by atoms with van der Waals surface area (Å²) in [6, 6.07) is 7.21. The molecule has 0 aliphatic carbocycles. The molecule has 1 heterocycles. The molecule has 1 aromatic carbocycles. The van der Waals surface area contributed by atoms with Crippen molar-refractivity contribution in [2.24, 2.45) is 5.41 Å². The average Bonchev–Trinajstić information content (AvgIpc) is 2.76. The van der Waals surface area contributed by atoms with Gasteiger partial charge in [0.1, 0.15) is 6.04 Å². The molecule has 1 aliphatic rings. The third kappa shape index (κ3) is 4.06. The monoisotopic (exact) mass is 339 g/mol. The fourth-order valence-electron chi connectivity index (χ4n) is 2.84. The molecule has 1 aromatic rings. The van der Waals surface area contributed by atoms with E-state index in [1.807, 2.05) is 6.07 Å². The van der Waals surface area contributed by atoms with Crippen LogP contribution in [0.3, 0.4) is 0 Å². The first-order chi connectivity index (χ1) is 11.1. The number of halogens is 3. The zero-order valence-electron chi connectivity index (χ0n) is 13.7. The predicted molar refractivity (Wildman–Crippen MR) is 82.6 cm³/mol. The number of nitriles is 1. The van der Waals surface area contributed by atoms with Crippen LogP contribution in [0, 0.1) is 16.7 Å². The maximum absolute atomic E-state index is 13.4. The van der Waals surface area contributed by atoms with E-state index in [9.17, 15) is 18.0 Å². The molecule has 1 saturated heterocycles. The van der Waals surface area contributed by atoms with Gasteiger partial charge in [-0.05, 0) is 44.7 Å². The first-order valence-electron chi connectivity index (χ1n) is 7.77. The van der Waals surface area contributed by atoms with E-state index < -0.39 is 23.5 Å². The number of amides is 1. The summed E-state index contributed by atoms with van der Waals surface area (Å²) < 4.78 is 40.1. The highest BCUT2D eigenvalue weighted by molar-refractivity contribution is 5.83. The predicted octanol–water partition coefficient (Wildman–Crippen LogP) is 3.18. The number of carbonyl (C=O) groups is 1. The second kappa shape index (κ2) is 6.81. The van der Waals surface area contributed by atoms with Crippen LogP contribution in [0.5, 0.6) is 0 Å². The minimum atomic E-state index is -4.43. The molecular formula is C17H20F3N3O. The van der Waals surface area contributed by atoms with Crippen molar-refractivity contribution in [2.75, 3.05) is 6.54 Å². The summed E-state index contributed by atoms with van der Waals surface area (Å²) in [5.74, 6) is -0.397. The van der Waals surface area contributed by atoms with Crippen LogP contribution in [0.4, 0.5) is 13.2 Å². The fourth-order valence-corrected chi connectivity index (χ4v) is 2.84. The second-order valence-corrected chi connectivity index (χ2v) is 6.67. The van der Waals surface area contributed by atoms with Gasteiger partial charge in [0.2, 0.25) is 5.91 Å².